The third kappa shape index (κ3) is 2.38. The van der Waals surface area contributed by atoms with Gasteiger partial charge < -0.3 is 15.0 Å². The van der Waals surface area contributed by atoms with Gasteiger partial charge >= 0.3 is 6.03 Å². The minimum atomic E-state index is -0.565. The van der Waals surface area contributed by atoms with Gasteiger partial charge in [-0.3, -0.25) is 10.0 Å². The van der Waals surface area contributed by atoms with E-state index in [1.807, 2.05) is 0 Å². The number of ether oxygens (including phenoxy) is 1. The number of aromatic nitrogens is 1. The van der Waals surface area contributed by atoms with E-state index in [2.05, 4.69) is 10.3 Å². The van der Waals surface area contributed by atoms with Crippen LogP contribution < -0.4 is 10.1 Å². The maximum Gasteiger partial charge on any atom is 0.344 e. The van der Waals surface area contributed by atoms with Crippen molar-refractivity contribution in [2.45, 2.75) is 24.9 Å². The number of piperidine rings is 1. The van der Waals surface area contributed by atoms with Gasteiger partial charge in [0.15, 0.2) is 0 Å². The van der Waals surface area contributed by atoms with Crippen LogP contribution in [0.15, 0.2) is 18.3 Å². The number of nitrogens with zero attached hydrogens (tertiary/aromatic N) is 3. The second-order valence-electron chi connectivity index (χ2n) is 5.10. The lowest BCUT2D eigenvalue weighted by atomic mass is 10.0. The van der Waals surface area contributed by atoms with Crippen molar-refractivity contribution < 1.29 is 19.5 Å². The number of hydrogen-bond acceptors (Lipinski definition) is 5. The first-order chi connectivity index (χ1) is 10.1. The average Bonchev–Trinajstić information content (AvgIpc) is 2.72. The minimum absolute atomic E-state index is 0.206. The summed E-state index contributed by atoms with van der Waals surface area (Å²) in [6.45, 7) is 0.382. The minimum Gasteiger partial charge on any atom is -0.481 e. The number of hydrogen-bond donors (Lipinski definition) is 2. The van der Waals surface area contributed by atoms with Crippen molar-refractivity contribution in [2.75, 3.05) is 19.0 Å². The molecule has 2 N–H and O–H groups in total. The van der Waals surface area contributed by atoms with Crippen LogP contribution in [0.1, 0.15) is 12.8 Å². The molecule has 2 aliphatic rings. The maximum absolute atomic E-state index is 12.3. The molecular weight excluding hydrogens is 276 g/mol. The molecule has 0 saturated carbocycles. The van der Waals surface area contributed by atoms with Crippen molar-refractivity contribution in [3.05, 3.63) is 18.3 Å². The van der Waals surface area contributed by atoms with Crippen molar-refractivity contribution in [3.8, 4) is 5.88 Å². The monoisotopic (exact) mass is 292 g/mol. The number of carbonyl (C=O) groups is 2. The maximum atomic E-state index is 12.3. The SMILES string of the molecule is COc1cc(NC(=O)[C@@H]2CC[C@@H]3CN2C(=O)N3O)ccn1. The number of nitrogens with one attached hydrogen (secondary N) is 1. The topological polar surface area (TPSA) is 95.0 Å². The third-order valence-electron chi connectivity index (χ3n) is 3.86. The number of hydroxylamine groups is 2. The van der Waals surface area contributed by atoms with Gasteiger partial charge in [-0.2, -0.15) is 0 Å². The smallest absolute Gasteiger partial charge is 0.344 e. The molecule has 2 aliphatic heterocycles. The van der Waals surface area contributed by atoms with Crippen molar-refractivity contribution in [2.24, 2.45) is 0 Å². The lowest BCUT2D eigenvalue weighted by Gasteiger charge is -2.29. The molecule has 21 heavy (non-hydrogen) atoms. The van der Waals surface area contributed by atoms with Crippen molar-refractivity contribution in [1.82, 2.24) is 14.9 Å². The third-order valence-corrected chi connectivity index (χ3v) is 3.86. The van der Waals surface area contributed by atoms with Gasteiger partial charge in [0, 0.05) is 24.5 Å². The summed E-state index contributed by atoms with van der Waals surface area (Å²) in [4.78, 5) is 29.6. The predicted molar refractivity (Wildman–Crippen MR) is 72.0 cm³/mol. The summed E-state index contributed by atoms with van der Waals surface area (Å²) in [7, 11) is 1.49. The first-order valence-electron chi connectivity index (χ1n) is 6.70. The Bertz CT molecular complexity index is 579. The molecular formula is C13H16N4O4. The molecule has 2 fully saturated rings. The van der Waals surface area contributed by atoms with Crippen molar-refractivity contribution in [1.29, 1.82) is 0 Å². The van der Waals surface area contributed by atoms with Crippen LogP contribution in [-0.4, -0.2) is 57.8 Å². The predicted octanol–water partition coefficient (Wildman–Crippen LogP) is 0.686. The highest BCUT2D eigenvalue weighted by atomic mass is 16.5. The first-order valence-corrected chi connectivity index (χ1v) is 6.70. The fourth-order valence-electron chi connectivity index (χ4n) is 2.75. The Balaban J connectivity index is 1.72. The summed E-state index contributed by atoms with van der Waals surface area (Å²) in [6, 6.07) is 1.97. The van der Waals surface area contributed by atoms with Gasteiger partial charge in [-0.15, -0.1) is 0 Å². The number of urea groups is 1. The number of methoxy groups -OCH3 is 1. The Morgan fingerprint density at radius 1 is 1.52 bits per heavy atom. The molecule has 0 aliphatic carbocycles. The van der Waals surface area contributed by atoms with Gasteiger partial charge in [-0.1, -0.05) is 0 Å². The Kier molecular flexibility index (Phi) is 3.38. The quantitative estimate of drug-likeness (QED) is 0.799. The van der Waals surface area contributed by atoms with E-state index in [0.29, 0.717) is 31.0 Å². The van der Waals surface area contributed by atoms with Crippen molar-refractivity contribution >= 4 is 17.6 Å². The lowest BCUT2D eigenvalue weighted by Crippen LogP contribution is -2.47. The summed E-state index contributed by atoms with van der Waals surface area (Å²) in [6.07, 6.45) is 2.67. The number of anilines is 1. The van der Waals surface area contributed by atoms with E-state index in [0.717, 1.165) is 5.06 Å². The summed E-state index contributed by atoms with van der Waals surface area (Å²) >= 11 is 0. The molecule has 2 atom stereocenters. The summed E-state index contributed by atoms with van der Waals surface area (Å²) < 4.78 is 5.00. The summed E-state index contributed by atoms with van der Waals surface area (Å²) in [5, 5.41) is 13.1. The largest absolute Gasteiger partial charge is 0.481 e. The fourth-order valence-corrected chi connectivity index (χ4v) is 2.75. The van der Waals surface area contributed by atoms with E-state index in [4.69, 9.17) is 4.74 Å². The van der Waals surface area contributed by atoms with E-state index in [1.165, 1.54) is 18.2 Å². The van der Waals surface area contributed by atoms with Gasteiger partial charge in [0.1, 0.15) is 6.04 Å². The molecule has 3 heterocycles. The van der Waals surface area contributed by atoms with Gasteiger partial charge in [-0.05, 0) is 18.9 Å². The molecule has 0 radical (unpaired) electrons. The zero-order chi connectivity index (χ0) is 15.0. The van der Waals surface area contributed by atoms with Gasteiger partial charge in [0.05, 0.1) is 13.2 Å². The van der Waals surface area contributed by atoms with E-state index < -0.39 is 12.1 Å². The molecule has 3 rings (SSSR count). The number of fused-ring (bicyclic) bond motifs is 2. The van der Waals surface area contributed by atoms with Crippen LogP contribution in [0.4, 0.5) is 10.5 Å². The standard InChI is InChI=1S/C13H16N4O4/c1-21-11-6-8(4-5-14-11)15-12(18)10-3-2-9-7-16(10)13(19)17(9)20/h4-6,9-10,20H,2-3,7H2,1H3,(H,14,15,18)/t9-,10+/m1/s1. The molecule has 0 spiro atoms. The number of carbonyl (C=O) groups excluding carboxylic acids is 2. The van der Waals surface area contributed by atoms with Crippen LogP contribution >= 0.6 is 0 Å². The van der Waals surface area contributed by atoms with Gasteiger partial charge in [0.2, 0.25) is 11.8 Å². The van der Waals surface area contributed by atoms with Crippen LogP contribution in [0.3, 0.4) is 0 Å². The normalized spacial score (nSPS) is 24.2. The summed E-state index contributed by atoms with van der Waals surface area (Å²) in [5.41, 5.74) is 0.557. The highest BCUT2D eigenvalue weighted by molar-refractivity contribution is 5.97. The first kappa shape index (κ1) is 13.6. The highest BCUT2D eigenvalue weighted by Crippen LogP contribution is 2.29. The lowest BCUT2D eigenvalue weighted by molar-refractivity contribution is -0.120. The Labute approximate surface area is 121 Å². The summed E-state index contributed by atoms with van der Waals surface area (Å²) in [5.74, 6) is 0.126. The van der Waals surface area contributed by atoms with E-state index in [1.54, 1.807) is 12.1 Å². The second kappa shape index (κ2) is 5.21. The molecule has 0 unspecified atom stereocenters. The molecule has 3 amide bonds. The molecule has 1 aromatic heterocycles. The van der Waals surface area contributed by atoms with E-state index in [9.17, 15) is 14.8 Å². The molecule has 8 nitrogen and oxygen atoms in total. The van der Waals surface area contributed by atoms with Crippen LogP contribution in [0, 0.1) is 0 Å². The zero-order valence-electron chi connectivity index (χ0n) is 11.5. The molecule has 1 aromatic rings. The van der Waals surface area contributed by atoms with Crippen molar-refractivity contribution in [3.63, 3.8) is 0 Å². The highest BCUT2D eigenvalue weighted by Gasteiger charge is 2.46. The van der Waals surface area contributed by atoms with E-state index >= 15 is 0 Å². The van der Waals surface area contributed by atoms with Crippen LogP contribution in [0.2, 0.25) is 0 Å². The average molecular weight is 292 g/mol. The molecule has 112 valence electrons. The number of rotatable bonds is 3. The Morgan fingerprint density at radius 3 is 3.10 bits per heavy atom. The van der Waals surface area contributed by atoms with Gasteiger partial charge in [0.25, 0.3) is 0 Å². The fraction of sp³-hybridized carbons (Fsp3) is 0.462. The van der Waals surface area contributed by atoms with Gasteiger partial charge in [-0.25, -0.2) is 14.8 Å². The number of amides is 3. The molecule has 2 saturated heterocycles. The van der Waals surface area contributed by atoms with Crippen LogP contribution in [-0.2, 0) is 4.79 Å². The second-order valence-corrected chi connectivity index (χ2v) is 5.10. The molecule has 0 aromatic carbocycles. The molecule has 2 bridgehead atoms. The number of pyridine rings is 1. The molecule has 8 heteroatoms. The Hall–Kier alpha value is -2.35. The van der Waals surface area contributed by atoms with Crippen LogP contribution in [0.25, 0.3) is 0 Å². The van der Waals surface area contributed by atoms with Crippen LogP contribution in [0.5, 0.6) is 5.88 Å². The Morgan fingerprint density at radius 2 is 2.33 bits per heavy atom. The zero-order valence-corrected chi connectivity index (χ0v) is 11.5. The van der Waals surface area contributed by atoms with E-state index in [-0.39, 0.29) is 11.9 Å².